The third-order valence-corrected chi connectivity index (χ3v) is 3.78. The lowest BCUT2D eigenvalue weighted by atomic mass is 10.0. The van der Waals surface area contributed by atoms with Crippen LogP contribution in [-0.4, -0.2) is 36.0 Å². The molecule has 0 spiro atoms. The first-order valence-electron chi connectivity index (χ1n) is 7.54. The molecule has 7 heteroatoms. The van der Waals surface area contributed by atoms with Gasteiger partial charge in [-0.25, -0.2) is 4.39 Å². The summed E-state index contributed by atoms with van der Waals surface area (Å²) in [5.41, 5.74) is 6.74. The molecule has 0 radical (unpaired) electrons. The molecule has 1 aliphatic rings. The molecule has 1 aromatic rings. The van der Waals surface area contributed by atoms with Gasteiger partial charge in [0.2, 0.25) is 5.91 Å². The summed E-state index contributed by atoms with van der Waals surface area (Å²) in [6.07, 6.45) is 2.29. The molecular formula is C16H26Cl2FN3O. The fraction of sp³-hybridized carbons (Fsp3) is 0.562. The highest BCUT2D eigenvalue weighted by Crippen LogP contribution is 2.14. The van der Waals surface area contributed by atoms with Gasteiger partial charge in [-0.3, -0.25) is 9.69 Å². The summed E-state index contributed by atoms with van der Waals surface area (Å²) in [7, 11) is 0. The maximum Gasteiger partial charge on any atom is 0.221 e. The number of halogens is 3. The molecule has 1 aliphatic heterocycles. The normalized spacial score (nSPS) is 16.8. The predicted molar refractivity (Wildman–Crippen MR) is 95.6 cm³/mol. The number of piperidine rings is 1. The molecule has 0 bridgehead atoms. The molecule has 0 aromatic heterocycles. The zero-order valence-electron chi connectivity index (χ0n) is 13.3. The lowest BCUT2D eigenvalue weighted by Crippen LogP contribution is -2.45. The van der Waals surface area contributed by atoms with Gasteiger partial charge in [0.05, 0.1) is 0 Å². The van der Waals surface area contributed by atoms with Gasteiger partial charge < -0.3 is 11.1 Å². The number of hydrogen-bond acceptors (Lipinski definition) is 3. The average Bonchev–Trinajstić information content (AvgIpc) is 2.42. The van der Waals surface area contributed by atoms with Gasteiger partial charge >= 0.3 is 0 Å². The van der Waals surface area contributed by atoms with Crippen molar-refractivity contribution in [2.45, 2.75) is 44.8 Å². The van der Waals surface area contributed by atoms with Crippen LogP contribution in [0.4, 0.5) is 4.39 Å². The first kappa shape index (κ1) is 22.1. The van der Waals surface area contributed by atoms with Crippen molar-refractivity contribution in [3.05, 3.63) is 35.6 Å². The largest absolute Gasteiger partial charge is 0.353 e. The van der Waals surface area contributed by atoms with E-state index >= 15 is 0 Å². The Morgan fingerprint density at radius 1 is 1.30 bits per heavy atom. The third-order valence-electron chi connectivity index (χ3n) is 3.78. The zero-order chi connectivity index (χ0) is 15.2. The van der Waals surface area contributed by atoms with E-state index < -0.39 is 0 Å². The van der Waals surface area contributed by atoms with Crippen LogP contribution >= 0.6 is 24.8 Å². The smallest absolute Gasteiger partial charge is 0.221 e. The van der Waals surface area contributed by atoms with Crippen LogP contribution < -0.4 is 11.1 Å². The monoisotopic (exact) mass is 365 g/mol. The first-order chi connectivity index (χ1) is 10.0. The van der Waals surface area contributed by atoms with Crippen molar-refractivity contribution in [3.63, 3.8) is 0 Å². The van der Waals surface area contributed by atoms with E-state index in [0.717, 1.165) is 38.0 Å². The molecule has 1 amide bonds. The third kappa shape index (κ3) is 7.97. The van der Waals surface area contributed by atoms with Crippen LogP contribution in [0.1, 0.15) is 31.7 Å². The van der Waals surface area contributed by atoms with E-state index in [1.807, 2.05) is 19.1 Å². The zero-order valence-corrected chi connectivity index (χ0v) is 15.0. The van der Waals surface area contributed by atoms with E-state index in [9.17, 15) is 9.18 Å². The molecule has 23 heavy (non-hydrogen) atoms. The molecule has 1 unspecified atom stereocenters. The summed E-state index contributed by atoms with van der Waals surface area (Å²) in [6.45, 7) is 4.56. The van der Waals surface area contributed by atoms with Gasteiger partial charge in [0, 0.05) is 38.1 Å². The second kappa shape index (κ2) is 10.8. The minimum atomic E-state index is -0.200. The van der Waals surface area contributed by atoms with Gasteiger partial charge in [0.25, 0.3) is 0 Å². The Morgan fingerprint density at radius 2 is 1.87 bits per heavy atom. The molecule has 0 aliphatic carbocycles. The lowest BCUT2D eigenvalue weighted by molar-refractivity contribution is -0.122. The SMILES string of the molecule is CC(N)CC(=O)NC1CCN(Cc2ccc(F)cc2)CC1.Cl.Cl. The van der Waals surface area contributed by atoms with E-state index in [4.69, 9.17) is 5.73 Å². The first-order valence-corrected chi connectivity index (χ1v) is 7.54. The Balaban J connectivity index is 0.00000242. The second-order valence-electron chi connectivity index (χ2n) is 5.93. The number of carbonyl (C=O) groups is 1. The number of benzene rings is 1. The number of carbonyl (C=O) groups excluding carboxylic acids is 1. The second-order valence-corrected chi connectivity index (χ2v) is 5.93. The maximum atomic E-state index is 12.9. The number of hydrogen-bond donors (Lipinski definition) is 2. The van der Waals surface area contributed by atoms with E-state index in [-0.39, 0.29) is 48.6 Å². The topological polar surface area (TPSA) is 58.4 Å². The van der Waals surface area contributed by atoms with Crippen LogP contribution in [0.15, 0.2) is 24.3 Å². The minimum absolute atomic E-state index is 0. The van der Waals surface area contributed by atoms with Gasteiger partial charge in [0.1, 0.15) is 5.82 Å². The molecular weight excluding hydrogens is 340 g/mol. The van der Waals surface area contributed by atoms with Crippen molar-refractivity contribution in [2.75, 3.05) is 13.1 Å². The van der Waals surface area contributed by atoms with E-state index in [2.05, 4.69) is 10.2 Å². The van der Waals surface area contributed by atoms with Crippen molar-refractivity contribution < 1.29 is 9.18 Å². The van der Waals surface area contributed by atoms with Crippen LogP contribution in [0, 0.1) is 5.82 Å². The number of rotatable bonds is 5. The molecule has 1 saturated heterocycles. The number of nitrogens with two attached hydrogens (primary N) is 1. The predicted octanol–water partition coefficient (Wildman–Crippen LogP) is 2.49. The number of amides is 1. The highest BCUT2D eigenvalue weighted by atomic mass is 35.5. The Labute approximate surface area is 149 Å². The molecule has 4 nitrogen and oxygen atoms in total. The summed E-state index contributed by atoms with van der Waals surface area (Å²) in [5.74, 6) is -0.156. The van der Waals surface area contributed by atoms with Crippen LogP contribution in [0.3, 0.4) is 0 Å². The molecule has 2 rings (SSSR count). The van der Waals surface area contributed by atoms with Gasteiger partial charge in [0.15, 0.2) is 0 Å². The number of likely N-dealkylation sites (tertiary alicyclic amines) is 1. The quantitative estimate of drug-likeness (QED) is 0.842. The molecule has 3 N–H and O–H groups in total. The highest BCUT2D eigenvalue weighted by Gasteiger charge is 2.20. The van der Waals surface area contributed by atoms with Gasteiger partial charge in [-0.05, 0) is 37.5 Å². The Kier molecular flexibility index (Phi) is 10.4. The van der Waals surface area contributed by atoms with Gasteiger partial charge in [-0.2, -0.15) is 0 Å². The van der Waals surface area contributed by atoms with E-state index in [1.165, 1.54) is 12.1 Å². The molecule has 0 saturated carbocycles. The fourth-order valence-electron chi connectivity index (χ4n) is 2.66. The molecule has 132 valence electrons. The minimum Gasteiger partial charge on any atom is -0.353 e. The summed E-state index contributed by atoms with van der Waals surface area (Å²) in [6, 6.07) is 6.80. The van der Waals surface area contributed by atoms with Crippen LogP contribution in [0.25, 0.3) is 0 Å². The van der Waals surface area contributed by atoms with Crippen molar-refractivity contribution in [1.82, 2.24) is 10.2 Å². The highest BCUT2D eigenvalue weighted by molar-refractivity contribution is 5.85. The van der Waals surface area contributed by atoms with Crippen LogP contribution in [0.5, 0.6) is 0 Å². The standard InChI is InChI=1S/C16H24FN3O.2ClH/c1-12(18)10-16(21)19-15-6-8-20(9-7-15)11-13-2-4-14(17)5-3-13;;/h2-5,12,15H,6-11,18H2,1H3,(H,19,21);2*1H. The summed E-state index contributed by atoms with van der Waals surface area (Å²) in [4.78, 5) is 14.0. The number of nitrogens with one attached hydrogen (secondary N) is 1. The summed E-state index contributed by atoms with van der Waals surface area (Å²) >= 11 is 0. The maximum absolute atomic E-state index is 12.9. The fourth-order valence-corrected chi connectivity index (χ4v) is 2.66. The van der Waals surface area contributed by atoms with Crippen LogP contribution in [-0.2, 0) is 11.3 Å². The lowest BCUT2D eigenvalue weighted by Gasteiger charge is -2.32. The average molecular weight is 366 g/mol. The van der Waals surface area contributed by atoms with Crippen molar-refractivity contribution in [2.24, 2.45) is 5.73 Å². The van der Waals surface area contributed by atoms with Gasteiger partial charge in [-0.15, -0.1) is 24.8 Å². The molecule has 1 aromatic carbocycles. The summed E-state index contributed by atoms with van der Waals surface area (Å²) < 4.78 is 12.9. The van der Waals surface area contributed by atoms with Gasteiger partial charge in [-0.1, -0.05) is 12.1 Å². The van der Waals surface area contributed by atoms with Crippen molar-refractivity contribution in [3.8, 4) is 0 Å². The van der Waals surface area contributed by atoms with Crippen molar-refractivity contribution in [1.29, 1.82) is 0 Å². The molecule has 1 atom stereocenters. The van der Waals surface area contributed by atoms with Crippen LogP contribution in [0.2, 0.25) is 0 Å². The Morgan fingerprint density at radius 3 is 2.39 bits per heavy atom. The molecule has 1 fully saturated rings. The van der Waals surface area contributed by atoms with Crippen molar-refractivity contribution >= 4 is 30.7 Å². The van der Waals surface area contributed by atoms with E-state index in [1.54, 1.807) is 0 Å². The Bertz CT molecular complexity index is 463. The Hall–Kier alpha value is -0.880. The van der Waals surface area contributed by atoms with E-state index in [0.29, 0.717) is 6.42 Å². The molecule has 1 heterocycles. The summed E-state index contributed by atoms with van der Waals surface area (Å²) in [5, 5.41) is 3.05. The number of nitrogens with zero attached hydrogens (tertiary/aromatic N) is 1.